The maximum atomic E-state index is 2.49. The lowest BCUT2D eigenvalue weighted by molar-refractivity contribution is -0.699. The minimum Gasteiger partial charge on any atom is -0.364 e. The van der Waals surface area contributed by atoms with Crippen LogP contribution in [0.4, 0.5) is 5.00 Å². The van der Waals surface area contributed by atoms with Crippen molar-refractivity contribution in [1.29, 1.82) is 0 Å². The predicted molar refractivity (Wildman–Crippen MR) is 108 cm³/mol. The van der Waals surface area contributed by atoms with Crippen LogP contribution in [0.1, 0.15) is 55.3 Å². The minimum absolute atomic E-state index is 1.12. The molecule has 0 atom stereocenters. The van der Waals surface area contributed by atoms with Crippen LogP contribution >= 0.6 is 11.3 Å². The van der Waals surface area contributed by atoms with Gasteiger partial charge >= 0.3 is 0 Å². The second-order valence-corrected chi connectivity index (χ2v) is 7.70. The normalized spacial score (nSPS) is 11.3. The number of aryl methyl sites for hydroxylation is 1. The van der Waals surface area contributed by atoms with E-state index in [1.54, 1.807) is 0 Å². The van der Waals surface area contributed by atoms with Crippen molar-refractivity contribution >= 4 is 28.5 Å². The fourth-order valence-corrected chi connectivity index (χ4v) is 3.95. The molecule has 130 valence electrons. The molecule has 1 aromatic carbocycles. The Bertz CT molecular complexity index is 641. The molecule has 24 heavy (non-hydrogen) atoms. The zero-order valence-electron chi connectivity index (χ0n) is 15.6. The lowest BCUT2D eigenvalue weighted by Crippen LogP contribution is -2.37. The zero-order chi connectivity index (χ0) is 17.4. The van der Waals surface area contributed by atoms with Crippen molar-refractivity contribution in [3.63, 3.8) is 0 Å². The summed E-state index contributed by atoms with van der Waals surface area (Å²) in [6.07, 6.45) is 11.1. The molecule has 2 aromatic rings. The number of anilines is 1. The number of thiazole rings is 1. The molecule has 1 aromatic heterocycles. The summed E-state index contributed by atoms with van der Waals surface area (Å²) in [4.78, 5) is 2.23. The average molecular weight is 344 g/mol. The van der Waals surface area contributed by atoms with Crippen LogP contribution < -0.4 is 9.47 Å². The molecule has 0 N–H and O–H groups in total. The molecule has 0 saturated carbocycles. The molecule has 0 spiro atoms. The number of rotatable bonds is 9. The van der Waals surface area contributed by atoms with E-state index in [4.69, 9.17) is 0 Å². The van der Waals surface area contributed by atoms with E-state index in [1.165, 1.54) is 53.4 Å². The van der Waals surface area contributed by atoms with Crippen molar-refractivity contribution in [2.45, 2.75) is 52.5 Å². The Morgan fingerprint density at radius 3 is 2.38 bits per heavy atom. The van der Waals surface area contributed by atoms with Crippen LogP contribution in [0, 0.1) is 6.92 Å². The van der Waals surface area contributed by atoms with Gasteiger partial charge in [0.1, 0.15) is 6.54 Å². The first-order chi connectivity index (χ1) is 11.6. The molecule has 0 unspecified atom stereocenters. The standard InChI is InChI=1S/C21H31N2S/c1-5-6-7-8-12-17-23-18(2)24-21(22(3)4)20(23)16-15-19-13-10-9-11-14-19/h9-11,13-16H,5-8,12,17H2,1-4H3/q+1. The molecular formula is C21H31N2S+. The SMILES string of the molecule is CCCCCCC[n+]1c(C)sc(N(C)C)c1C=Cc1ccccc1. The molecule has 0 aliphatic heterocycles. The number of benzene rings is 1. The quantitative estimate of drug-likeness (QED) is 0.427. The van der Waals surface area contributed by atoms with E-state index < -0.39 is 0 Å². The molecule has 0 aliphatic carbocycles. The first-order valence-corrected chi connectivity index (χ1v) is 9.88. The van der Waals surface area contributed by atoms with Gasteiger partial charge in [-0.3, -0.25) is 0 Å². The number of aromatic nitrogens is 1. The average Bonchev–Trinajstić information content (AvgIpc) is 2.90. The lowest BCUT2D eigenvalue weighted by Gasteiger charge is -2.07. The summed E-state index contributed by atoms with van der Waals surface area (Å²) in [7, 11) is 4.27. The Kier molecular flexibility index (Phi) is 7.51. The molecule has 0 aliphatic rings. The van der Waals surface area contributed by atoms with Gasteiger partial charge in [0.2, 0.25) is 10.7 Å². The highest BCUT2D eigenvalue weighted by molar-refractivity contribution is 7.15. The zero-order valence-corrected chi connectivity index (χ0v) is 16.4. The van der Waals surface area contributed by atoms with Crippen molar-refractivity contribution in [2.75, 3.05) is 19.0 Å². The predicted octanol–water partition coefficient (Wildman–Crippen LogP) is 5.55. The Balaban J connectivity index is 2.18. The van der Waals surface area contributed by atoms with E-state index in [0.29, 0.717) is 0 Å². The fraction of sp³-hybridized carbons (Fsp3) is 0.476. The Hall–Kier alpha value is -1.61. The van der Waals surface area contributed by atoms with Crippen LogP contribution in [-0.2, 0) is 6.54 Å². The molecule has 3 heteroatoms. The third-order valence-electron chi connectivity index (χ3n) is 4.26. The second-order valence-electron chi connectivity index (χ2n) is 6.52. The van der Waals surface area contributed by atoms with Crippen LogP contribution in [0.15, 0.2) is 30.3 Å². The van der Waals surface area contributed by atoms with E-state index in [9.17, 15) is 0 Å². The first kappa shape index (κ1) is 18.7. The highest BCUT2D eigenvalue weighted by Crippen LogP contribution is 2.27. The Labute approximate surface area is 151 Å². The van der Waals surface area contributed by atoms with Gasteiger partial charge in [0.05, 0.1) is 0 Å². The largest absolute Gasteiger partial charge is 0.364 e. The summed E-state index contributed by atoms with van der Waals surface area (Å²) < 4.78 is 2.49. The third-order valence-corrected chi connectivity index (χ3v) is 5.54. The summed E-state index contributed by atoms with van der Waals surface area (Å²) in [5.41, 5.74) is 2.59. The molecular weight excluding hydrogens is 312 g/mol. The monoisotopic (exact) mass is 343 g/mol. The number of hydrogen-bond acceptors (Lipinski definition) is 2. The highest BCUT2D eigenvalue weighted by Gasteiger charge is 2.22. The molecule has 0 saturated heterocycles. The summed E-state index contributed by atoms with van der Waals surface area (Å²) in [5, 5.41) is 2.73. The molecule has 0 bridgehead atoms. The molecule has 0 radical (unpaired) electrons. The number of unbranched alkanes of at least 4 members (excludes halogenated alkanes) is 4. The van der Waals surface area contributed by atoms with Crippen LogP contribution in [0.3, 0.4) is 0 Å². The summed E-state index contributed by atoms with van der Waals surface area (Å²) in [5.74, 6) is 0. The van der Waals surface area contributed by atoms with Gasteiger partial charge in [-0.1, -0.05) is 56.5 Å². The van der Waals surface area contributed by atoms with Crippen molar-refractivity contribution in [2.24, 2.45) is 0 Å². The van der Waals surface area contributed by atoms with Gasteiger partial charge in [0.15, 0.2) is 5.00 Å². The first-order valence-electron chi connectivity index (χ1n) is 9.07. The van der Waals surface area contributed by atoms with Gasteiger partial charge in [-0.25, -0.2) is 0 Å². The van der Waals surface area contributed by atoms with Crippen molar-refractivity contribution < 1.29 is 4.57 Å². The van der Waals surface area contributed by atoms with Gasteiger partial charge in [-0.05, 0) is 29.4 Å². The maximum Gasteiger partial charge on any atom is 0.240 e. The van der Waals surface area contributed by atoms with Crippen LogP contribution in [0.25, 0.3) is 12.2 Å². The minimum atomic E-state index is 1.12. The number of hydrogen-bond donors (Lipinski definition) is 0. The molecule has 2 rings (SSSR count). The lowest BCUT2D eigenvalue weighted by atomic mass is 10.1. The third kappa shape index (κ3) is 5.20. The summed E-state index contributed by atoms with van der Waals surface area (Å²) in [6, 6.07) is 10.6. The van der Waals surface area contributed by atoms with Crippen molar-refractivity contribution in [1.82, 2.24) is 0 Å². The highest BCUT2D eigenvalue weighted by atomic mass is 32.1. The van der Waals surface area contributed by atoms with Crippen LogP contribution in [0.5, 0.6) is 0 Å². The van der Waals surface area contributed by atoms with Crippen molar-refractivity contribution in [3.8, 4) is 0 Å². The maximum absolute atomic E-state index is 2.49. The smallest absolute Gasteiger partial charge is 0.240 e. The molecule has 2 nitrogen and oxygen atoms in total. The summed E-state index contributed by atoms with van der Waals surface area (Å²) in [6.45, 7) is 5.63. The van der Waals surface area contributed by atoms with Gasteiger partial charge in [-0.15, -0.1) is 0 Å². The van der Waals surface area contributed by atoms with E-state index >= 15 is 0 Å². The van der Waals surface area contributed by atoms with Crippen LogP contribution in [-0.4, -0.2) is 14.1 Å². The summed E-state index contributed by atoms with van der Waals surface area (Å²) >= 11 is 1.89. The van der Waals surface area contributed by atoms with Gasteiger partial charge in [0, 0.05) is 33.5 Å². The van der Waals surface area contributed by atoms with E-state index in [1.807, 2.05) is 11.3 Å². The molecule has 1 heterocycles. The van der Waals surface area contributed by atoms with Crippen molar-refractivity contribution in [3.05, 3.63) is 46.6 Å². The van der Waals surface area contributed by atoms with Crippen LogP contribution in [0.2, 0.25) is 0 Å². The Morgan fingerprint density at radius 2 is 1.71 bits per heavy atom. The Morgan fingerprint density at radius 1 is 1.00 bits per heavy atom. The van der Waals surface area contributed by atoms with E-state index in [2.05, 4.69) is 79.9 Å². The number of nitrogens with zero attached hydrogens (tertiary/aromatic N) is 2. The molecule has 0 amide bonds. The second kappa shape index (κ2) is 9.63. The van der Waals surface area contributed by atoms with Gasteiger partial charge in [0.25, 0.3) is 0 Å². The fourth-order valence-electron chi connectivity index (χ4n) is 2.90. The van der Waals surface area contributed by atoms with E-state index in [-0.39, 0.29) is 0 Å². The van der Waals surface area contributed by atoms with Gasteiger partial charge < -0.3 is 4.90 Å². The van der Waals surface area contributed by atoms with E-state index in [0.717, 1.165) is 6.54 Å². The topological polar surface area (TPSA) is 7.12 Å². The molecule has 0 fully saturated rings. The van der Waals surface area contributed by atoms with Gasteiger partial charge in [-0.2, -0.15) is 4.57 Å².